The van der Waals surface area contributed by atoms with Gasteiger partial charge in [-0.25, -0.2) is 0 Å². The van der Waals surface area contributed by atoms with Crippen LogP contribution in [0.3, 0.4) is 0 Å². The molecule has 0 heterocycles. The van der Waals surface area contributed by atoms with E-state index in [4.69, 9.17) is 17.3 Å². The Bertz CT molecular complexity index is 768. The van der Waals surface area contributed by atoms with E-state index in [1.54, 1.807) is 11.8 Å². The third-order valence-electron chi connectivity index (χ3n) is 3.71. The highest BCUT2D eigenvalue weighted by Gasteiger charge is 2.13. The fourth-order valence-corrected chi connectivity index (χ4v) is 3.18. The molecular weight excluding hydrogens is 298 g/mol. The van der Waals surface area contributed by atoms with E-state index in [2.05, 4.69) is 36.6 Å². The van der Waals surface area contributed by atoms with Crippen molar-refractivity contribution in [3.8, 4) is 0 Å². The molecule has 0 aliphatic carbocycles. The van der Waals surface area contributed by atoms with Gasteiger partial charge < -0.3 is 5.73 Å². The molecule has 3 aromatic carbocycles. The fraction of sp³-hybridized carbons (Fsp3) is 0.111. The van der Waals surface area contributed by atoms with Gasteiger partial charge >= 0.3 is 0 Å². The molecule has 3 rings (SSSR count). The van der Waals surface area contributed by atoms with Crippen molar-refractivity contribution in [2.45, 2.75) is 10.9 Å². The molecule has 0 aliphatic rings. The van der Waals surface area contributed by atoms with Crippen LogP contribution in [-0.2, 0) is 0 Å². The van der Waals surface area contributed by atoms with Crippen LogP contribution in [0.4, 0.5) is 0 Å². The zero-order valence-electron chi connectivity index (χ0n) is 11.7. The average molecular weight is 314 g/mol. The van der Waals surface area contributed by atoms with Gasteiger partial charge in [-0.2, -0.15) is 0 Å². The van der Waals surface area contributed by atoms with E-state index in [-0.39, 0.29) is 6.04 Å². The zero-order chi connectivity index (χ0) is 14.8. The smallest absolute Gasteiger partial charge is 0.0557 e. The molecule has 0 bridgehead atoms. The second-order valence-electron chi connectivity index (χ2n) is 4.93. The van der Waals surface area contributed by atoms with E-state index >= 15 is 0 Å². The van der Waals surface area contributed by atoms with Gasteiger partial charge in [0.2, 0.25) is 0 Å². The second-order valence-corrected chi connectivity index (χ2v) is 6.22. The maximum Gasteiger partial charge on any atom is 0.0557 e. The summed E-state index contributed by atoms with van der Waals surface area (Å²) < 4.78 is 0. The van der Waals surface area contributed by atoms with E-state index in [1.165, 1.54) is 4.90 Å². The van der Waals surface area contributed by atoms with E-state index in [0.717, 1.165) is 26.9 Å². The monoisotopic (exact) mass is 313 g/mol. The third-order valence-corrected chi connectivity index (χ3v) is 4.79. The van der Waals surface area contributed by atoms with Crippen LogP contribution >= 0.6 is 23.4 Å². The van der Waals surface area contributed by atoms with Crippen LogP contribution in [0.1, 0.15) is 17.2 Å². The molecule has 21 heavy (non-hydrogen) atoms. The minimum Gasteiger partial charge on any atom is -0.320 e. The molecule has 106 valence electrons. The Morgan fingerprint density at radius 1 is 0.905 bits per heavy atom. The van der Waals surface area contributed by atoms with Crippen molar-refractivity contribution < 1.29 is 0 Å². The van der Waals surface area contributed by atoms with E-state index < -0.39 is 0 Å². The van der Waals surface area contributed by atoms with Crippen molar-refractivity contribution in [2.24, 2.45) is 5.73 Å². The Hall–Kier alpha value is -1.48. The summed E-state index contributed by atoms with van der Waals surface area (Å²) in [6.45, 7) is 0. The summed E-state index contributed by atoms with van der Waals surface area (Å²) in [7, 11) is 0. The molecule has 0 saturated carbocycles. The summed E-state index contributed by atoms with van der Waals surface area (Å²) in [6, 6.07) is 20.3. The molecule has 0 radical (unpaired) electrons. The molecule has 0 fully saturated rings. The third kappa shape index (κ3) is 2.80. The summed E-state index contributed by atoms with van der Waals surface area (Å²) in [6.07, 6.45) is 2.07. The normalized spacial score (nSPS) is 12.5. The maximum absolute atomic E-state index is 6.47. The van der Waals surface area contributed by atoms with Gasteiger partial charge in [0.05, 0.1) is 6.04 Å². The SMILES string of the molecule is CSc1ccc(C(N)c2ccc(Cl)c3ccccc23)cc1. The standard InChI is InChI=1S/C18H16ClNS/c1-21-13-8-6-12(7-9-13)18(20)16-10-11-17(19)15-5-3-2-4-14(15)16/h2-11,18H,20H2,1H3. The molecule has 0 saturated heterocycles. The summed E-state index contributed by atoms with van der Waals surface area (Å²) in [5.41, 5.74) is 8.69. The molecule has 0 aromatic heterocycles. The molecule has 0 aliphatic heterocycles. The number of rotatable bonds is 3. The van der Waals surface area contributed by atoms with Crippen molar-refractivity contribution in [1.29, 1.82) is 0 Å². The van der Waals surface area contributed by atoms with Gasteiger partial charge in [0.15, 0.2) is 0 Å². The predicted molar refractivity (Wildman–Crippen MR) is 93.2 cm³/mol. The zero-order valence-corrected chi connectivity index (χ0v) is 13.3. The largest absolute Gasteiger partial charge is 0.320 e. The lowest BCUT2D eigenvalue weighted by molar-refractivity contribution is 0.879. The summed E-state index contributed by atoms with van der Waals surface area (Å²) in [4.78, 5) is 1.24. The van der Waals surface area contributed by atoms with Gasteiger partial charge in [-0.15, -0.1) is 11.8 Å². The Morgan fingerprint density at radius 3 is 2.24 bits per heavy atom. The predicted octanol–water partition coefficient (Wildman–Crippen LogP) is 5.26. The van der Waals surface area contributed by atoms with Crippen LogP contribution < -0.4 is 5.73 Å². The Kier molecular flexibility index (Phi) is 4.20. The first-order chi connectivity index (χ1) is 10.2. The van der Waals surface area contributed by atoms with Crippen LogP contribution in [0.5, 0.6) is 0 Å². The number of hydrogen-bond donors (Lipinski definition) is 1. The van der Waals surface area contributed by atoms with Crippen LogP contribution in [-0.4, -0.2) is 6.26 Å². The Labute approximate surface area is 134 Å². The van der Waals surface area contributed by atoms with Gasteiger partial charge in [0.25, 0.3) is 0 Å². The minimum atomic E-state index is -0.150. The average Bonchev–Trinajstić information content (AvgIpc) is 2.55. The molecule has 1 nitrogen and oxygen atoms in total. The van der Waals surface area contributed by atoms with E-state index in [0.29, 0.717) is 0 Å². The molecule has 3 aromatic rings. The van der Waals surface area contributed by atoms with Gasteiger partial charge in [-0.05, 0) is 41.0 Å². The molecule has 0 spiro atoms. The van der Waals surface area contributed by atoms with Crippen molar-refractivity contribution in [2.75, 3.05) is 6.26 Å². The van der Waals surface area contributed by atoms with Crippen LogP contribution in [0.15, 0.2) is 65.6 Å². The lowest BCUT2D eigenvalue weighted by atomic mass is 9.94. The van der Waals surface area contributed by atoms with Crippen molar-refractivity contribution in [3.63, 3.8) is 0 Å². The maximum atomic E-state index is 6.47. The summed E-state index contributed by atoms with van der Waals surface area (Å²) >= 11 is 8.01. The summed E-state index contributed by atoms with van der Waals surface area (Å²) in [5.74, 6) is 0. The highest BCUT2D eigenvalue weighted by Crippen LogP contribution is 2.32. The topological polar surface area (TPSA) is 26.0 Å². The van der Waals surface area contributed by atoms with Gasteiger partial charge in [0, 0.05) is 15.3 Å². The molecular formula is C18H16ClNS. The van der Waals surface area contributed by atoms with E-state index in [9.17, 15) is 0 Å². The van der Waals surface area contributed by atoms with Crippen molar-refractivity contribution in [3.05, 3.63) is 76.8 Å². The van der Waals surface area contributed by atoms with Crippen LogP contribution in [0.2, 0.25) is 5.02 Å². The quantitative estimate of drug-likeness (QED) is 0.667. The number of fused-ring (bicyclic) bond motifs is 1. The molecule has 2 N–H and O–H groups in total. The Balaban J connectivity index is 2.08. The highest BCUT2D eigenvalue weighted by atomic mass is 35.5. The van der Waals surface area contributed by atoms with Gasteiger partial charge in [0.1, 0.15) is 0 Å². The molecule has 1 atom stereocenters. The first kappa shape index (κ1) is 14.5. The van der Waals surface area contributed by atoms with Crippen LogP contribution in [0, 0.1) is 0 Å². The molecule has 3 heteroatoms. The number of halogens is 1. The van der Waals surface area contributed by atoms with Crippen molar-refractivity contribution >= 4 is 34.1 Å². The lowest BCUT2D eigenvalue weighted by Crippen LogP contribution is -2.12. The lowest BCUT2D eigenvalue weighted by Gasteiger charge is -2.16. The summed E-state index contributed by atoms with van der Waals surface area (Å²) in [5, 5.41) is 2.93. The highest BCUT2D eigenvalue weighted by molar-refractivity contribution is 7.98. The minimum absolute atomic E-state index is 0.150. The first-order valence-electron chi connectivity index (χ1n) is 6.77. The number of thioether (sulfide) groups is 1. The Morgan fingerprint density at radius 2 is 1.57 bits per heavy atom. The number of hydrogen-bond acceptors (Lipinski definition) is 2. The second kappa shape index (κ2) is 6.10. The van der Waals surface area contributed by atoms with Gasteiger partial charge in [-0.1, -0.05) is 54.1 Å². The first-order valence-corrected chi connectivity index (χ1v) is 8.37. The molecule has 0 amide bonds. The number of benzene rings is 3. The van der Waals surface area contributed by atoms with E-state index in [1.807, 2.05) is 30.3 Å². The van der Waals surface area contributed by atoms with Crippen molar-refractivity contribution in [1.82, 2.24) is 0 Å². The molecule has 1 unspecified atom stereocenters. The van der Waals surface area contributed by atoms with Crippen LogP contribution in [0.25, 0.3) is 10.8 Å². The number of nitrogens with two attached hydrogens (primary N) is 1. The fourth-order valence-electron chi connectivity index (χ4n) is 2.55. The van der Waals surface area contributed by atoms with Gasteiger partial charge in [-0.3, -0.25) is 0 Å².